The summed E-state index contributed by atoms with van der Waals surface area (Å²) in [7, 11) is 1.93. The van der Waals surface area contributed by atoms with Crippen LogP contribution in [0.15, 0.2) is 18.2 Å². The Bertz CT molecular complexity index is 470. The molecule has 2 N–H and O–H groups in total. The van der Waals surface area contributed by atoms with Crippen molar-refractivity contribution < 1.29 is 14.3 Å². The number of nitrogens with zero attached hydrogens (tertiary/aromatic N) is 1. The summed E-state index contributed by atoms with van der Waals surface area (Å²) in [4.78, 5) is 14.0. The van der Waals surface area contributed by atoms with Gasteiger partial charge in [-0.2, -0.15) is 0 Å². The van der Waals surface area contributed by atoms with Crippen LogP contribution in [0.1, 0.15) is 30.1 Å². The van der Waals surface area contributed by atoms with Gasteiger partial charge in [-0.25, -0.2) is 4.79 Å². The van der Waals surface area contributed by atoms with Gasteiger partial charge in [-0.1, -0.05) is 6.07 Å². The molecule has 2 rings (SSSR count). The summed E-state index contributed by atoms with van der Waals surface area (Å²) in [6.45, 7) is 3.68. The first kappa shape index (κ1) is 14.7. The van der Waals surface area contributed by atoms with Gasteiger partial charge >= 0.3 is 5.97 Å². The molecule has 1 aliphatic heterocycles. The van der Waals surface area contributed by atoms with Crippen LogP contribution >= 0.6 is 0 Å². The lowest BCUT2D eigenvalue weighted by Gasteiger charge is -2.26. The van der Waals surface area contributed by atoms with E-state index in [0.29, 0.717) is 17.9 Å². The third kappa shape index (κ3) is 3.22. The highest BCUT2D eigenvalue weighted by Crippen LogP contribution is 2.29. The molecule has 1 heterocycles. The maximum Gasteiger partial charge on any atom is 0.340 e. The molecule has 1 saturated heterocycles. The van der Waals surface area contributed by atoms with Crippen molar-refractivity contribution in [1.29, 1.82) is 0 Å². The fourth-order valence-electron chi connectivity index (χ4n) is 2.55. The van der Waals surface area contributed by atoms with Crippen molar-refractivity contribution in [1.82, 2.24) is 0 Å². The van der Waals surface area contributed by atoms with Gasteiger partial charge in [0.05, 0.1) is 29.6 Å². The van der Waals surface area contributed by atoms with E-state index in [2.05, 4.69) is 0 Å². The lowest BCUT2D eigenvalue weighted by Crippen LogP contribution is -2.30. The zero-order chi connectivity index (χ0) is 14.5. The Kier molecular flexibility index (Phi) is 4.84. The molecule has 20 heavy (non-hydrogen) atoms. The number of ether oxygens (including phenoxy) is 2. The van der Waals surface area contributed by atoms with E-state index in [1.165, 1.54) is 0 Å². The Morgan fingerprint density at radius 1 is 1.55 bits per heavy atom. The molecular formula is C15H22N2O3. The molecule has 0 bridgehead atoms. The number of likely N-dealkylation sites (N-methyl/N-ethyl adjacent to an activating group) is 1. The van der Waals surface area contributed by atoms with Gasteiger partial charge in [0.2, 0.25) is 0 Å². The van der Waals surface area contributed by atoms with Gasteiger partial charge in [0, 0.05) is 20.2 Å². The van der Waals surface area contributed by atoms with Crippen LogP contribution in [0.2, 0.25) is 0 Å². The van der Waals surface area contributed by atoms with E-state index in [0.717, 1.165) is 31.7 Å². The predicted molar refractivity (Wildman–Crippen MR) is 79.1 cm³/mol. The summed E-state index contributed by atoms with van der Waals surface area (Å²) in [5, 5.41) is 0. The van der Waals surface area contributed by atoms with Crippen molar-refractivity contribution in [3.05, 3.63) is 23.8 Å². The van der Waals surface area contributed by atoms with Crippen molar-refractivity contribution in [2.45, 2.75) is 25.9 Å². The van der Waals surface area contributed by atoms with Gasteiger partial charge in [-0.05, 0) is 31.9 Å². The number of nitrogens with two attached hydrogens (primary N) is 1. The Hall–Kier alpha value is -1.75. The number of benzene rings is 1. The van der Waals surface area contributed by atoms with Crippen LogP contribution in [-0.2, 0) is 9.47 Å². The van der Waals surface area contributed by atoms with Crippen molar-refractivity contribution in [3.63, 3.8) is 0 Å². The van der Waals surface area contributed by atoms with Crippen LogP contribution in [0, 0.1) is 0 Å². The van der Waals surface area contributed by atoms with E-state index in [4.69, 9.17) is 15.2 Å². The Morgan fingerprint density at radius 3 is 3.00 bits per heavy atom. The summed E-state index contributed by atoms with van der Waals surface area (Å²) >= 11 is 0. The number of carbonyl (C=O) groups excluding carboxylic acids is 1. The summed E-state index contributed by atoms with van der Waals surface area (Å²) in [6, 6.07) is 5.31. The smallest absolute Gasteiger partial charge is 0.340 e. The molecule has 110 valence electrons. The highest BCUT2D eigenvalue weighted by molar-refractivity contribution is 5.99. The van der Waals surface area contributed by atoms with Crippen molar-refractivity contribution in [2.75, 3.05) is 37.4 Å². The van der Waals surface area contributed by atoms with Crippen LogP contribution in [0.4, 0.5) is 11.4 Å². The summed E-state index contributed by atoms with van der Waals surface area (Å²) in [6.07, 6.45) is 2.34. The number of hydrogen-bond donors (Lipinski definition) is 1. The fraction of sp³-hybridized carbons (Fsp3) is 0.533. The van der Waals surface area contributed by atoms with Gasteiger partial charge < -0.3 is 20.1 Å². The first-order valence-electron chi connectivity index (χ1n) is 7.01. The lowest BCUT2D eigenvalue weighted by molar-refractivity contribution is 0.0526. The molecule has 0 radical (unpaired) electrons. The third-order valence-corrected chi connectivity index (χ3v) is 3.45. The second-order valence-electron chi connectivity index (χ2n) is 4.98. The maximum absolute atomic E-state index is 12.0. The molecular weight excluding hydrogens is 256 g/mol. The Morgan fingerprint density at radius 2 is 2.35 bits per heavy atom. The Labute approximate surface area is 119 Å². The minimum Gasteiger partial charge on any atom is -0.462 e. The lowest BCUT2D eigenvalue weighted by atomic mass is 10.1. The van der Waals surface area contributed by atoms with E-state index in [1.54, 1.807) is 25.1 Å². The largest absolute Gasteiger partial charge is 0.462 e. The standard InChI is InChI=1S/C15H22N2O3/c1-3-19-15(18)12-7-4-8-13(16)14(12)17(2)10-11-6-5-9-20-11/h4,7-8,11H,3,5-6,9-10,16H2,1-2H3. The number of anilines is 2. The van der Waals surface area contributed by atoms with Crippen molar-refractivity contribution >= 4 is 17.3 Å². The average Bonchev–Trinajstić information content (AvgIpc) is 2.91. The number of nitrogen functional groups attached to an aromatic ring is 1. The Balaban J connectivity index is 2.21. The quantitative estimate of drug-likeness (QED) is 0.659. The molecule has 1 unspecified atom stereocenters. The molecule has 0 saturated carbocycles. The summed E-state index contributed by atoms with van der Waals surface area (Å²) in [5.41, 5.74) is 7.85. The van der Waals surface area contributed by atoms with Gasteiger partial charge in [0.25, 0.3) is 0 Å². The minimum absolute atomic E-state index is 0.203. The van der Waals surface area contributed by atoms with Crippen LogP contribution in [0.25, 0.3) is 0 Å². The number of hydrogen-bond acceptors (Lipinski definition) is 5. The number of rotatable bonds is 5. The van der Waals surface area contributed by atoms with Crippen LogP contribution < -0.4 is 10.6 Å². The molecule has 1 fully saturated rings. The minimum atomic E-state index is -0.339. The first-order valence-corrected chi connectivity index (χ1v) is 7.01. The monoisotopic (exact) mass is 278 g/mol. The molecule has 1 aliphatic rings. The van der Waals surface area contributed by atoms with Gasteiger partial charge in [-0.3, -0.25) is 0 Å². The van der Waals surface area contributed by atoms with Crippen LogP contribution in [0.5, 0.6) is 0 Å². The molecule has 1 aromatic rings. The average molecular weight is 278 g/mol. The maximum atomic E-state index is 12.0. The van der Waals surface area contributed by atoms with E-state index < -0.39 is 0 Å². The number of esters is 1. The molecule has 0 spiro atoms. The normalized spacial score (nSPS) is 18.0. The molecule has 5 heteroatoms. The van der Waals surface area contributed by atoms with E-state index in [-0.39, 0.29) is 12.1 Å². The predicted octanol–water partition coefficient (Wildman–Crippen LogP) is 2.06. The van der Waals surface area contributed by atoms with Crippen molar-refractivity contribution in [3.8, 4) is 0 Å². The molecule has 1 aromatic carbocycles. The summed E-state index contributed by atoms with van der Waals surface area (Å²) in [5.74, 6) is -0.339. The molecule has 0 amide bonds. The molecule has 0 aromatic heterocycles. The molecule has 1 atom stereocenters. The SMILES string of the molecule is CCOC(=O)c1cccc(N)c1N(C)CC1CCCO1. The van der Waals surface area contributed by atoms with Gasteiger partial charge in [-0.15, -0.1) is 0 Å². The fourth-order valence-corrected chi connectivity index (χ4v) is 2.55. The number of carbonyl (C=O) groups is 1. The van der Waals surface area contributed by atoms with E-state index >= 15 is 0 Å². The van der Waals surface area contributed by atoms with Crippen LogP contribution in [-0.4, -0.2) is 38.9 Å². The van der Waals surface area contributed by atoms with Gasteiger partial charge in [0.15, 0.2) is 0 Å². The van der Waals surface area contributed by atoms with Crippen LogP contribution in [0.3, 0.4) is 0 Å². The van der Waals surface area contributed by atoms with Gasteiger partial charge in [0.1, 0.15) is 0 Å². The summed E-state index contributed by atoms with van der Waals surface area (Å²) < 4.78 is 10.7. The van der Waals surface area contributed by atoms with Crippen molar-refractivity contribution in [2.24, 2.45) is 0 Å². The van der Waals surface area contributed by atoms with E-state index in [9.17, 15) is 4.79 Å². The zero-order valence-electron chi connectivity index (χ0n) is 12.1. The van der Waals surface area contributed by atoms with E-state index in [1.807, 2.05) is 11.9 Å². The topological polar surface area (TPSA) is 64.8 Å². The zero-order valence-corrected chi connectivity index (χ0v) is 12.1. The molecule has 5 nitrogen and oxygen atoms in total. The third-order valence-electron chi connectivity index (χ3n) is 3.45. The first-order chi connectivity index (χ1) is 9.63. The highest BCUT2D eigenvalue weighted by atomic mass is 16.5. The second-order valence-corrected chi connectivity index (χ2v) is 4.98. The molecule has 0 aliphatic carbocycles. The second kappa shape index (κ2) is 6.61. The highest BCUT2D eigenvalue weighted by Gasteiger charge is 2.22. The number of para-hydroxylation sites is 1.